The average molecular weight is 378 g/mol. The van der Waals surface area contributed by atoms with Gasteiger partial charge >= 0.3 is 0 Å². The van der Waals surface area contributed by atoms with Crippen molar-refractivity contribution in [1.82, 2.24) is 4.57 Å². The van der Waals surface area contributed by atoms with Crippen molar-refractivity contribution in [2.24, 2.45) is 4.99 Å². The topological polar surface area (TPSA) is 43.6 Å². The molecule has 3 rings (SSSR count). The Labute approximate surface area is 163 Å². The fraction of sp³-hybridized carbons (Fsp3) is 0.273. The average Bonchev–Trinajstić information content (AvgIpc) is 3.01. The van der Waals surface area contributed by atoms with E-state index >= 15 is 0 Å². The molecule has 2 aromatic carbocycles. The smallest absolute Gasteiger partial charge is 0.279 e. The van der Waals surface area contributed by atoms with E-state index in [1.54, 1.807) is 12.1 Å². The maximum Gasteiger partial charge on any atom is 0.279 e. The van der Waals surface area contributed by atoms with E-state index in [1.165, 1.54) is 11.3 Å². The molecule has 138 valence electrons. The first-order valence-electron chi connectivity index (χ1n) is 8.98. The van der Waals surface area contributed by atoms with Gasteiger partial charge in [-0.25, -0.2) is 0 Å². The Kier molecular flexibility index (Phi) is 6.10. The number of terminal acetylenes is 1. The van der Waals surface area contributed by atoms with Crippen LogP contribution in [-0.4, -0.2) is 17.1 Å². The van der Waals surface area contributed by atoms with Crippen LogP contribution in [0, 0.1) is 19.3 Å². The quantitative estimate of drug-likeness (QED) is 0.466. The largest absolute Gasteiger partial charge is 0.494 e. The molecule has 0 aliphatic rings. The molecule has 4 nitrogen and oxygen atoms in total. The van der Waals surface area contributed by atoms with E-state index < -0.39 is 0 Å². The maximum atomic E-state index is 12.6. The number of carbonyl (C=O) groups is 1. The summed E-state index contributed by atoms with van der Waals surface area (Å²) >= 11 is 1.47. The molecule has 27 heavy (non-hydrogen) atoms. The van der Waals surface area contributed by atoms with Gasteiger partial charge in [-0.05, 0) is 49.2 Å². The van der Waals surface area contributed by atoms with Gasteiger partial charge in [0.15, 0.2) is 4.80 Å². The van der Waals surface area contributed by atoms with E-state index in [4.69, 9.17) is 11.2 Å². The van der Waals surface area contributed by atoms with Gasteiger partial charge in [0.2, 0.25) is 0 Å². The molecule has 0 aliphatic carbocycles. The number of para-hydroxylation sites is 1. The summed E-state index contributed by atoms with van der Waals surface area (Å²) in [5, 5.41) is 0. The minimum atomic E-state index is -0.287. The second-order valence-electron chi connectivity index (χ2n) is 6.24. The number of nitrogens with zero attached hydrogens (tertiary/aromatic N) is 2. The Morgan fingerprint density at radius 3 is 2.74 bits per heavy atom. The number of benzene rings is 2. The molecule has 0 atom stereocenters. The first kappa shape index (κ1) is 18.9. The lowest BCUT2D eigenvalue weighted by molar-refractivity contribution is 0.0998. The molecule has 1 heterocycles. The van der Waals surface area contributed by atoms with Crippen molar-refractivity contribution in [2.75, 3.05) is 6.61 Å². The number of ether oxygens (including phenoxy) is 1. The van der Waals surface area contributed by atoms with E-state index in [2.05, 4.69) is 17.8 Å². The minimum absolute atomic E-state index is 0.287. The van der Waals surface area contributed by atoms with Crippen LogP contribution in [0.1, 0.15) is 35.7 Å². The molecule has 0 bridgehead atoms. The monoisotopic (exact) mass is 378 g/mol. The molecule has 0 spiro atoms. The third-order valence-corrected chi connectivity index (χ3v) is 5.26. The lowest BCUT2D eigenvalue weighted by atomic mass is 10.2. The van der Waals surface area contributed by atoms with E-state index in [-0.39, 0.29) is 5.91 Å². The number of carbonyl (C=O) groups excluding carboxylic acids is 1. The third kappa shape index (κ3) is 4.29. The van der Waals surface area contributed by atoms with Gasteiger partial charge in [-0.2, -0.15) is 4.99 Å². The summed E-state index contributed by atoms with van der Waals surface area (Å²) in [4.78, 5) is 17.6. The van der Waals surface area contributed by atoms with Crippen LogP contribution in [0.5, 0.6) is 5.75 Å². The van der Waals surface area contributed by atoms with Gasteiger partial charge in [-0.1, -0.05) is 42.7 Å². The van der Waals surface area contributed by atoms with Crippen LogP contribution in [0.3, 0.4) is 0 Å². The molecular weight excluding hydrogens is 356 g/mol. The highest BCUT2D eigenvalue weighted by Gasteiger charge is 2.10. The summed E-state index contributed by atoms with van der Waals surface area (Å²) in [6.45, 7) is 5.21. The van der Waals surface area contributed by atoms with Crippen LogP contribution in [0.15, 0.2) is 47.5 Å². The van der Waals surface area contributed by atoms with Gasteiger partial charge in [0, 0.05) is 5.56 Å². The summed E-state index contributed by atoms with van der Waals surface area (Å²) in [5.74, 6) is 3.13. The molecule has 1 amide bonds. The first-order valence-corrected chi connectivity index (χ1v) is 9.80. The molecule has 3 aromatic rings. The normalized spacial score (nSPS) is 11.5. The van der Waals surface area contributed by atoms with Gasteiger partial charge < -0.3 is 9.30 Å². The van der Waals surface area contributed by atoms with E-state index in [1.807, 2.05) is 41.8 Å². The van der Waals surface area contributed by atoms with Gasteiger partial charge in [-0.15, -0.1) is 6.42 Å². The van der Waals surface area contributed by atoms with E-state index in [0.717, 1.165) is 34.4 Å². The van der Waals surface area contributed by atoms with Crippen LogP contribution in [-0.2, 0) is 6.54 Å². The second-order valence-corrected chi connectivity index (χ2v) is 7.25. The van der Waals surface area contributed by atoms with Gasteiger partial charge in [0.05, 0.1) is 23.4 Å². The van der Waals surface area contributed by atoms with Crippen molar-refractivity contribution < 1.29 is 9.53 Å². The predicted molar refractivity (Wildman–Crippen MR) is 110 cm³/mol. The molecular formula is C22H22N2O2S. The van der Waals surface area contributed by atoms with Crippen molar-refractivity contribution in [1.29, 1.82) is 0 Å². The lowest BCUT2D eigenvalue weighted by Crippen LogP contribution is -2.16. The van der Waals surface area contributed by atoms with Crippen molar-refractivity contribution in [3.8, 4) is 18.1 Å². The lowest BCUT2D eigenvalue weighted by Gasteiger charge is -2.05. The highest BCUT2D eigenvalue weighted by molar-refractivity contribution is 7.16. The number of rotatable bonds is 6. The van der Waals surface area contributed by atoms with Gasteiger partial charge in [0.1, 0.15) is 5.75 Å². The molecule has 0 fully saturated rings. The van der Waals surface area contributed by atoms with Crippen molar-refractivity contribution in [2.45, 2.75) is 33.2 Å². The molecule has 0 radical (unpaired) electrons. The minimum Gasteiger partial charge on any atom is -0.494 e. The highest BCUT2D eigenvalue weighted by atomic mass is 32.1. The fourth-order valence-corrected chi connectivity index (χ4v) is 3.92. The van der Waals surface area contributed by atoms with Crippen LogP contribution >= 0.6 is 11.3 Å². The highest BCUT2D eigenvalue weighted by Crippen LogP contribution is 2.21. The van der Waals surface area contributed by atoms with Gasteiger partial charge in [-0.3, -0.25) is 4.79 Å². The fourth-order valence-electron chi connectivity index (χ4n) is 2.81. The Bertz CT molecular complexity index is 1050. The predicted octanol–water partition coefficient (Wildman–Crippen LogP) is 4.56. The van der Waals surface area contributed by atoms with Crippen LogP contribution in [0.25, 0.3) is 10.2 Å². The maximum absolute atomic E-state index is 12.6. The SMILES string of the molecule is C#CCn1c(=NC(=O)c2ccc(OCCCC)cc2)sc2cccc(C)c21. The third-order valence-electron chi connectivity index (χ3n) is 4.22. The Morgan fingerprint density at radius 2 is 2.04 bits per heavy atom. The summed E-state index contributed by atoms with van der Waals surface area (Å²) in [6, 6.07) is 13.2. The van der Waals surface area contributed by atoms with E-state index in [0.29, 0.717) is 23.5 Å². The summed E-state index contributed by atoms with van der Waals surface area (Å²) in [7, 11) is 0. The summed E-state index contributed by atoms with van der Waals surface area (Å²) in [6.07, 6.45) is 7.63. The van der Waals surface area contributed by atoms with E-state index in [9.17, 15) is 4.79 Å². The first-order chi connectivity index (χ1) is 13.1. The molecule has 0 saturated carbocycles. The molecule has 1 aromatic heterocycles. The zero-order valence-corrected chi connectivity index (χ0v) is 16.4. The molecule has 5 heteroatoms. The number of aryl methyl sites for hydroxylation is 1. The standard InChI is InChI=1S/C22H22N2O2S/c1-4-6-15-26-18-12-10-17(11-13-18)21(25)23-22-24(14-5-2)20-16(3)8-7-9-19(20)27-22/h2,7-13H,4,6,14-15H2,1,3H3. The Balaban J connectivity index is 1.92. The van der Waals surface area contributed by atoms with Crippen LogP contribution in [0.4, 0.5) is 0 Å². The number of fused-ring (bicyclic) bond motifs is 1. The van der Waals surface area contributed by atoms with Crippen LogP contribution < -0.4 is 9.54 Å². The zero-order chi connectivity index (χ0) is 19.2. The summed E-state index contributed by atoms with van der Waals surface area (Å²) in [5.41, 5.74) is 2.67. The van der Waals surface area contributed by atoms with Crippen molar-refractivity contribution in [3.63, 3.8) is 0 Å². The Morgan fingerprint density at radius 1 is 1.26 bits per heavy atom. The number of aromatic nitrogens is 1. The number of unbranched alkanes of at least 4 members (excludes halogenated alkanes) is 1. The molecule has 0 saturated heterocycles. The number of hydrogen-bond donors (Lipinski definition) is 0. The second kappa shape index (κ2) is 8.70. The zero-order valence-electron chi connectivity index (χ0n) is 15.6. The van der Waals surface area contributed by atoms with Crippen molar-refractivity contribution >= 4 is 27.5 Å². The number of thiazole rings is 1. The van der Waals surface area contributed by atoms with Gasteiger partial charge in [0.25, 0.3) is 5.91 Å². The molecule has 0 N–H and O–H groups in total. The molecule has 0 aliphatic heterocycles. The summed E-state index contributed by atoms with van der Waals surface area (Å²) < 4.78 is 8.63. The molecule has 0 unspecified atom stereocenters. The van der Waals surface area contributed by atoms with Crippen LogP contribution in [0.2, 0.25) is 0 Å². The van der Waals surface area contributed by atoms with Crippen molar-refractivity contribution in [3.05, 3.63) is 58.4 Å². The number of amides is 1. The Hall–Kier alpha value is -2.84. The number of hydrogen-bond acceptors (Lipinski definition) is 3.